The summed E-state index contributed by atoms with van der Waals surface area (Å²) in [6.45, 7) is 0.622. The van der Waals surface area contributed by atoms with Crippen molar-refractivity contribution in [1.29, 1.82) is 0 Å². The monoisotopic (exact) mass is 226 g/mol. The van der Waals surface area contributed by atoms with E-state index in [2.05, 4.69) is 5.32 Å². The molecule has 0 heterocycles. The van der Waals surface area contributed by atoms with Crippen molar-refractivity contribution >= 4 is 5.91 Å². The lowest BCUT2D eigenvalue weighted by atomic mass is 9.88. The van der Waals surface area contributed by atoms with E-state index in [1.807, 2.05) is 0 Å². The second kappa shape index (κ2) is 3.64. The van der Waals surface area contributed by atoms with Crippen molar-refractivity contribution in [3.05, 3.63) is 0 Å². The van der Waals surface area contributed by atoms with Crippen molar-refractivity contribution in [2.45, 2.75) is 43.6 Å². The third kappa shape index (κ3) is 2.40. The highest BCUT2D eigenvalue weighted by atomic mass is 19.4. The van der Waals surface area contributed by atoms with Gasteiger partial charge in [0.2, 0.25) is 5.91 Å². The first-order chi connectivity index (χ1) is 6.64. The van der Waals surface area contributed by atoms with Gasteiger partial charge in [-0.15, -0.1) is 0 Å². The summed E-state index contributed by atoms with van der Waals surface area (Å²) >= 11 is 0. The highest BCUT2D eigenvalue weighted by Gasteiger charge is 2.54. The van der Waals surface area contributed by atoms with Gasteiger partial charge in [-0.1, -0.05) is 0 Å². The smallest absolute Gasteiger partial charge is 0.393 e. The number of nitrogens with two attached hydrogens (primary N) is 1. The number of aliphatic hydroxyl groups is 1. The van der Waals surface area contributed by atoms with Crippen LogP contribution in [0, 0.1) is 0 Å². The largest absolute Gasteiger partial charge is 0.415 e. The molecule has 0 spiro atoms. The van der Waals surface area contributed by atoms with Crippen LogP contribution in [-0.2, 0) is 4.79 Å². The van der Waals surface area contributed by atoms with Gasteiger partial charge in [-0.05, 0) is 19.8 Å². The fourth-order valence-corrected chi connectivity index (χ4v) is 1.17. The maximum atomic E-state index is 12.3. The summed E-state index contributed by atoms with van der Waals surface area (Å²) in [5.41, 5.74) is 2.02. The first-order valence-corrected chi connectivity index (χ1v) is 4.49. The highest BCUT2D eigenvalue weighted by Crippen LogP contribution is 2.29. The predicted molar refractivity (Wildman–Crippen MR) is 45.8 cm³/mol. The molecule has 1 aliphatic carbocycles. The summed E-state index contributed by atoms with van der Waals surface area (Å²) in [6, 6.07) is -0.405. The number of amides is 1. The van der Waals surface area contributed by atoms with Crippen molar-refractivity contribution in [3.63, 3.8) is 0 Å². The molecule has 1 amide bonds. The molecule has 88 valence electrons. The van der Waals surface area contributed by atoms with Gasteiger partial charge in [0, 0.05) is 6.04 Å². The quantitative estimate of drug-likeness (QED) is 0.615. The maximum Gasteiger partial charge on any atom is 0.415 e. The van der Waals surface area contributed by atoms with E-state index in [9.17, 15) is 18.0 Å². The van der Waals surface area contributed by atoms with Crippen molar-refractivity contribution in [2.24, 2.45) is 5.73 Å². The fraction of sp³-hybridized carbons (Fsp3) is 0.875. The van der Waals surface area contributed by atoms with E-state index in [1.54, 1.807) is 0 Å². The molecule has 1 atom stereocenters. The SMILES string of the molecule is CC(N)(C(=O)NC1CC(O)C1)C(F)(F)F. The number of hydrogen-bond donors (Lipinski definition) is 3. The van der Waals surface area contributed by atoms with Crippen LogP contribution in [0.4, 0.5) is 13.2 Å². The van der Waals surface area contributed by atoms with Crippen molar-refractivity contribution in [2.75, 3.05) is 0 Å². The molecule has 0 radical (unpaired) electrons. The average molecular weight is 226 g/mol. The lowest BCUT2D eigenvalue weighted by molar-refractivity contribution is -0.188. The summed E-state index contributed by atoms with van der Waals surface area (Å²) < 4.78 is 36.9. The Hall–Kier alpha value is -0.820. The summed E-state index contributed by atoms with van der Waals surface area (Å²) in [5, 5.41) is 11.0. The Balaban J connectivity index is 2.53. The van der Waals surface area contributed by atoms with Crippen LogP contribution in [0.5, 0.6) is 0 Å². The molecular formula is C8H13F3N2O2. The highest BCUT2D eigenvalue weighted by molar-refractivity contribution is 5.86. The molecule has 4 N–H and O–H groups in total. The van der Waals surface area contributed by atoms with E-state index >= 15 is 0 Å². The minimum Gasteiger partial charge on any atom is -0.393 e. The van der Waals surface area contributed by atoms with Crippen LogP contribution in [0.15, 0.2) is 0 Å². The van der Waals surface area contributed by atoms with E-state index in [4.69, 9.17) is 10.8 Å². The van der Waals surface area contributed by atoms with Gasteiger partial charge in [0.1, 0.15) is 0 Å². The van der Waals surface area contributed by atoms with E-state index in [-0.39, 0.29) is 12.8 Å². The van der Waals surface area contributed by atoms with Gasteiger partial charge in [-0.25, -0.2) is 0 Å². The number of carbonyl (C=O) groups excluding carboxylic acids is 1. The van der Waals surface area contributed by atoms with Crippen LogP contribution in [0.1, 0.15) is 19.8 Å². The van der Waals surface area contributed by atoms with Gasteiger partial charge < -0.3 is 16.2 Å². The average Bonchev–Trinajstić information content (AvgIpc) is 1.99. The molecule has 0 bridgehead atoms. The lowest BCUT2D eigenvalue weighted by Crippen LogP contribution is -2.64. The Morgan fingerprint density at radius 3 is 2.27 bits per heavy atom. The molecule has 0 saturated heterocycles. The number of aliphatic hydroxyl groups excluding tert-OH is 1. The number of halogens is 3. The molecule has 0 aromatic rings. The molecule has 1 saturated carbocycles. The Bertz CT molecular complexity index is 259. The number of alkyl halides is 3. The standard InChI is InChI=1S/C8H13F3N2O2/c1-7(12,8(9,10)11)6(15)13-4-2-5(14)3-4/h4-5,14H,2-3,12H2,1H3,(H,13,15). The molecule has 1 rings (SSSR count). The van der Waals surface area contributed by atoms with Crippen LogP contribution in [0.25, 0.3) is 0 Å². The molecule has 4 nitrogen and oxygen atoms in total. The molecule has 1 fully saturated rings. The van der Waals surface area contributed by atoms with Crippen molar-refractivity contribution in [1.82, 2.24) is 5.32 Å². The molecule has 0 aliphatic heterocycles. The number of carbonyl (C=O) groups is 1. The Morgan fingerprint density at radius 1 is 1.47 bits per heavy atom. The van der Waals surface area contributed by atoms with Crippen LogP contribution in [0.2, 0.25) is 0 Å². The van der Waals surface area contributed by atoms with Crippen molar-refractivity contribution < 1.29 is 23.1 Å². The minimum absolute atomic E-state index is 0.277. The maximum absolute atomic E-state index is 12.3. The zero-order valence-corrected chi connectivity index (χ0v) is 8.14. The molecular weight excluding hydrogens is 213 g/mol. The van der Waals surface area contributed by atoms with Gasteiger partial charge in [-0.3, -0.25) is 4.79 Å². The molecule has 0 aromatic heterocycles. The number of hydrogen-bond acceptors (Lipinski definition) is 3. The summed E-state index contributed by atoms with van der Waals surface area (Å²) in [4.78, 5) is 11.2. The molecule has 1 aliphatic rings. The van der Waals surface area contributed by atoms with Crippen LogP contribution >= 0.6 is 0 Å². The first kappa shape index (κ1) is 12.3. The van der Waals surface area contributed by atoms with E-state index in [1.165, 1.54) is 0 Å². The zero-order chi connectivity index (χ0) is 11.9. The minimum atomic E-state index is -4.78. The topological polar surface area (TPSA) is 75.4 Å². The van der Waals surface area contributed by atoms with E-state index in [0.717, 1.165) is 0 Å². The Kier molecular flexibility index (Phi) is 2.97. The third-order valence-corrected chi connectivity index (χ3v) is 2.51. The zero-order valence-electron chi connectivity index (χ0n) is 8.14. The van der Waals surface area contributed by atoms with E-state index in [0.29, 0.717) is 6.92 Å². The normalized spacial score (nSPS) is 30.3. The summed E-state index contributed by atoms with van der Waals surface area (Å²) in [6.07, 6.45) is -4.76. The van der Waals surface area contributed by atoms with Gasteiger partial charge in [0.25, 0.3) is 0 Å². The van der Waals surface area contributed by atoms with Gasteiger partial charge in [0.05, 0.1) is 6.10 Å². The lowest BCUT2D eigenvalue weighted by Gasteiger charge is -2.35. The number of nitrogens with one attached hydrogen (secondary N) is 1. The van der Waals surface area contributed by atoms with E-state index < -0.39 is 29.8 Å². The summed E-state index contributed by atoms with van der Waals surface area (Å²) in [7, 11) is 0. The van der Waals surface area contributed by atoms with Crippen LogP contribution in [-0.4, -0.2) is 34.9 Å². The fourth-order valence-electron chi connectivity index (χ4n) is 1.17. The second-order valence-electron chi connectivity index (χ2n) is 4.00. The Morgan fingerprint density at radius 2 is 1.93 bits per heavy atom. The second-order valence-corrected chi connectivity index (χ2v) is 4.00. The summed E-state index contributed by atoms with van der Waals surface area (Å²) in [5.74, 6) is -1.26. The molecule has 7 heteroatoms. The number of rotatable bonds is 2. The van der Waals surface area contributed by atoms with Crippen molar-refractivity contribution in [3.8, 4) is 0 Å². The third-order valence-electron chi connectivity index (χ3n) is 2.51. The van der Waals surface area contributed by atoms with Gasteiger partial charge in [0.15, 0.2) is 5.54 Å². The predicted octanol–water partition coefficient (Wildman–Crippen LogP) is -0.0944. The molecule has 0 aromatic carbocycles. The van der Waals surface area contributed by atoms with Gasteiger partial charge in [-0.2, -0.15) is 13.2 Å². The van der Waals surface area contributed by atoms with Gasteiger partial charge >= 0.3 is 6.18 Å². The Labute approximate surface area is 84.6 Å². The molecule has 1 unspecified atom stereocenters. The first-order valence-electron chi connectivity index (χ1n) is 4.49. The molecule has 15 heavy (non-hydrogen) atoms. The van der Waals surface area contributed by atoms with Crippen LogP contribution < -0.4 is 11.1 Å². The van der Waals surface area contributed by atoms with Crippen LogP contribution in [0.3, 0.4) is 0 Å².